The van der Waals surface area contributed by atoms with Gasteiger partial charge in [-0.2, -0.15) is 0 Å². The van der Waals surface area contributed by atoms with Crippen LogP contribution in [0.1, 0.15) is 27.2 Å². The molecule has 0 radical (unpaired) electrons. The van der Waals surface area contributed by atoms with Crippen LogP contribution < -0.4 is 5.32 Å². The standard InChI is InChI=1S/C15H28N2O3/c1-15(2,3)13-11(5-7-20-13)9-16-14(18)12-10-17(4)6-8-19-12/h11-13H,5-10H2,1-4H3,(H,16,18)/t11-,12+,13+/m1/s1. The van der Waals surface area contributed by atoms with Crippen LogP contribution in [0.4, 0.5) is 0 Å². The average molecular weight is 284 g/mol. The van der Waals surface area contributed by atoms with Crippen molar-refractivity contribution in [1.82, 2.24) is 10.2 Å². The molecule has 0 unspecified atom stereocenters. The number of carbonyl (C=O) groups excluding carboxylic acids is 1. The maximum absolute atomic E-state index is 12.2. The van der Waals surface area contributed by atoms with Crippen LogP contribution in [0.2, 0.25) is 0 Å². The molecule has 2 aliphatic heterocycles. The van der Waals surface area contributed by atoms with Gasteiger partial charge < -0.3 is 19.7 Å². The summed E-state index contributed by atoms with van der Waals surface area (Å²) in [6.45, 7) is 10.3. The zero-order valence-corrected chi connectivity index (χ0v) is 13.1. The second-order valence-corrected chi connectivity index (χ2v) is 7.07. The highest BCUT2D eigenvalue weighted by Crippen LogP contribution is 2.34. The highest BCUT2D eigenvalue weighted by atomic mass is 16.5. The number of hydrogen-bond donors (Lipinski definition) is 1. The molecule has 20 heavy (non-hydrogen) atoms. The maximum atomic E-state index is 12.2. The first-order valence-corrected chi connectivity index (χ1v) is 7.57. The average Bonchev–Trinajstić information content (AvgIpc) is 2.84. The van der Waals surface area contributed by atoms with Gasteiger partial charge in [-0.05, 0) is 18.9 Å². The molecule has 0 aliphatic carbocycles. The zero-order chi connectivity index (χ0) is 14.8. The number of likely N-dealkylation sites (N-methyl/N-ethyl adjacent to an activating group) is 1. The van der Waals surface area contributed by atoms with Gasteiger partial charge in [-0.3, -0.25) is 4.79 Å². The molecule has 3 atom stereocenters. The van der Waals surface area contributed by atoms with Gasteiger partial charge in [-0.15, -0.1) is 0 Å². The summed E-state index contributed by atoms with van der Waals surface area (Å²) in [5.74, 6) is 0.413. The molecule has 5 nitrogen and oxygen atoms in total. The van der Waals surface area contributed by atoms with Crippen molar-refractivity contribution in [3.8, 4) is 0 Å². The summed E-state index contributed by atoms with van der Waals surface area (Å²) < 4.78 is 11.4. The van der Waals surface area contributed by atoms with Crippen molar-refractivity contribution in [1.29, 1.82) is 0 Å². The second-order valence-electron chi connectivity index (χ2n) is 7.07. The third kappa shape index (κ3) is 3.93. The van der Waals surface area contributed by atoms with Crippen molar-refractivity contribution in [2.45, 2.75) is 39.4 Å². The minimum Gasteiger partial charge on any atom is -0.377 e. The third-order valence-electron chi connectivity index (χ3n) is 4.17. The lowest BCUT2D eigenvalue weighted by Crippen LogP contribution is -2.50. The monoisotopic (exact) mass is 284 g/mol. The zero-order valence-electron chi connectivity index (χ0n) is 13.1. The van der Waals surface area contributed by atoms with Crippen molar-refractivity contribution in [2.24, 2.45) is 11.3 Å². The molecular weight excluding hydrogens is 256 g/mol. The van der Waals surface area contributed by atoms with E-state index in [0.717, 1.165) is 19.6 Å². The second kappa shape index (κ2) is 6.41. The van der Waals surface area contributed by atoms with Gasteiger partial charge in [-0.1, -0.05) is 20.8 Å². The van der Waals surface area contributed by atoms with Crippen LogP contribution >= 0.6 is 0 Å². The normalized spacial score (nSPS) is 32.3. The Labute approximate surface area is 122 Å². The van der Waals surface area contributed by atoms with Crippen molar-refractivity contribution >= 4 is 5.91 Å². The fraction of sp³-hybridized carbons (Fsp3) is 0.933. The SMILES string of the molecule is CN1CCO[C@H](C(=O)NC[C@H]2CCO[C@@H]2C(C)(C)C)C1. The Morgan fingerprint density at radius 2 is 2.05 bits per heavy atom. The van der Waals surface area contributed by atoms with Crippen molar-refractivity contribution in [2.75, 3.05) is 39.9 Å². The molecule has 2 aliphatic rings. The lowest BCUT2D eigenvalue weighted by Gasteiger charge is -2.32. The van der Waals surface area contributed by atoms with Crippen LogP contribution in [0.15, 0.2) is 0 Å². The fourth-order valence-corrected chi connectivity index (χ4v) is 3.08. The molecule has 2 fully saturated rings. The number of nitrogens with one attached hydrogen (secondary N) is 1. The summed E-state index contributed by atoms with van der Waals surface area (Å²) in [5, 5.41) is 3.05. The first-order valence-electron chi connectivity index (χ1n) is 7.57. The van der Waals surface area contributed by atoms with Crippen LogP contribution in [-0.4, -0.2) is 62.9 Å². The summed E-state index contributed by atoms with van der Waals surface area (Å²) in [5.41, 5.74) is 0.119. The molecular formula is C15H28N2O3. The van der Waals surface area contributed by atoms with E-state index in [-0.39, 0.29) is 23.5 Å². The number of hydrogen-bond acceptors (Lipinski definition) is 4. The van der Waals surface area contributed by atoms with Gasteiger partial charge in [0.2, 0.25) is 5.91 Å². The Hall–Kier alpha value is -0.650. The minimum atomic E-state index is -0.329. The summed E-state index contributed by atoms with van der Waals surface area (Å²) in [4.78, 5) is 14.3. The van der Waals surface area contributed by atoms with Crippen LogP contribution in [0, 0.1) is 11.3 Å². The van der Waals surface area contributed by atoms with Crippen LogP contribution in [0.25, 0.3) is 0 Å². The van der Waals surface area contributed by atoms with Crippen LogP contribution in [-0.2, 0) is 14.3 Å². The number of nitrogens with zero attached hydrogens (tertiary/aromatic N) is 1. The van der Waals surface area contributed by atoms with Crippen LogP contribution in [0.5, 0.6) is 0 Å². The molecule has 1 amide bonds. The molecule has 2 saturated heterocycles. The molecule has 1 N–H and O–H groups in total. The Morgan fingerprint density at radius 1 is 1.30 bits per heavy atom. The molecule has 0 bridgehead atoms. The molecule has 2 heterocycles. The van der Waals surface area contributed by atoms with Gasteiger partial charge in [0.15, 0.2) is 0 Å². The van der Waals surface area contributed by atoms with Gasteiger partial charge in [-0.25, -0.2) is 0 Å². The first kappa shape index (κ1) is 15.7. The smallest absolute Gasteiger partial charge is 0.250 e. The Balaban J connectivity index is 1.81. The summed E-state index contributed by atoms with van der Waals surface area (Å²) in [6.07, 6.45) is 0.912. The van der Waals surface area contributed by atoms with E-state index in [2.05, 4.69) is 31.0 Å². The lowest BCUT2D eigenvalue weighted by atomic mass is 9.81. The summed E-state index contributed by atoms with van der Waals surface area (Å²) in [6, 6.07) is 0. The quantitative estimate of drug-likeness (QED) is 0.836. The van der Waals surface area contributed by atoms with Gasteiger partial charge in [0.1, 0.15) is 6.10 Å². The first-order chi connectivity index (χ1) is 9.38. The van der Waals surface area contributed by atoms with E-state index in [9.17, 15) is 4.79 Å². The van der Waals surface area contributed by atoms with E-state index in [4.69, 9.17) is 9.47 Å². The van der Waals surface area contributed by atoms with E-state index in [1.54, 1.807) is 0 Å². The highest BCUT2D eigenvalue weighted by Gasteiger charge is 2.37. The third-order valence-corrected chi connectivity index (χ3v) is 4.17. The Kier molecular flexibility index (Phi) is 5.04. The van der Waals surface area contributed by atoms with E-state index in [1.165, 1.54) is 0 Å². The predicted molar refractivity (Wildman–Crippen MR) is 77.5 cm³/mol. The predicted octanol–water partition coefficient (Wildman–Crippen LogP) is 0.884. The fourth-order valence-electron chi connectivity index (χ4n) is 3.08. The number of morpholine rings is 1. The molecule has 2 rings (SSSR count). The van der Waals surface area contributed by atoms with Crippen molar-refractivity contribution in [3.05, 3.63) is 0 Å². The van der Waals surface area contributed by atoms with E-state index in [1.807, 2.05) is 7.05 Å². The maximum Gasteiger partial charge on any atom is 0.250 e. The van der Waals surface area contributed by atoms with E-state index >= 15 is 0 Å². The minimum absolute atomic E-state index is 0.0103. The number of ether oxygens (including phenoxy) is 2. The van der Waals surface area contributed by atoms with E-state index in [0.29, 0.717) is 25.6 Å². The molecule has 116 valence electrons. The van der Waals surface area contributed by atoms with Gasteiger partial charge in [0.05, 0.1) is 12.7 Å². The number of carbonyl (C=O) groups is 1. The molecule has 0 aromatic heterocycles. The van der Waals surface area contributed by atoms with Crippen LogP contribution in [0.3, 0.4) is 0 Å². The highest BCUT2D eigenvalue weighted by molar-refractivity contribution is 5.81. The molecule has 0 aromatic carbocycles. The van der Waals surface area contributed by atoms with Gasteiger partial charge in [0.25, 0.3) is 0 Å². The van der Waals surface area contributed by atoms with E-state index < -0.39 is 0 Å². The molecule has 0 saturated carbocycles. The number of rotatable bonds is 3. The lowest BCUT2D eigenvalue weighted by molar-refractivity contribution is -0.138. The van der Waals surface area contributed by atoms with Gasteiger partial charge in [0, 0.05) is 32.2 Å². The Morgan fingerprint density at radius 3 is 2.70 bits per heavy atom. The molecule has 0 spiro atoms. The number of amides is 1. The summed E-state index contributed by atoms with van der Waals surface area (Å²) >= 11 is 0. The largest absolute Gasteiger partial charge is 0.377 e. The van der Waals surface area contributed by atoms with Crippen molar-refractivity contribution < 1.29 is 14.3 Å². The van der Waals surface area contributed by atoms with Crippen molar-refractivity contribution in [3.63, 3.8) is 0 Å². The van der Waals surface area contributed by atoms with Gasteiger partial charge >= 0.3 is 0 Å². The molecule has 0 aromatic rings. The summed E-state index contributed by atoms with van der Waals surface area (Å²) in [7, 11) is 2.02. The topological polar surface area (TPSA) is 50.8 Å². The Bertz CT molecular complexity index is 341. The molecule has 5 heteroatoms.